The molecule has 0 saturated heterocycles. The minimum Gasteiger partial charge on any atom is -0.492 e. The summed E-state index contributed by atoms with van der Waals surface area (Å²) < 4.78 is 7.10. The van der Waals surface area contributed by atoms with Crippen molar-refractivity contribution in [3.63, 3.8) is 0 Å². The first-order chi connectivity index (χ1) is 13.9. The van der Waals surface area contributed by atoms with Crippen LogP contribution in [-0.2, 0) is 0 Å². The van der Waals surface area contributed by atoms with Gasteiger partial charge in [-0.3, -0.25) is 14.9 Å². The molecule has 0 fully saturated rings. The van der Waals surface area contributed by atoms with Crippen LogP contribution in [0.4, 0.5) is 5.69 Å². The van der Waals surface area contributed by atoms with Gasteiger partial charge in [0.05, 0.1) is 22.8 Å². The number of amides is 1. The van der Waals surface area contributed by atoms with Gasteiger partial charge >= 0.3 is 0 Å². The van der Waals surface area contributed by atoms with Crippen molar-refractivity contribution in [2.75, 3.05) is 20.2 Å². The first-order valence-electron chi connectivity index (χ1n) is 8.99. The predicted octanol–water partition coefficient (Wildman–Crippen LogP) is 2.94. The number of aromatic nitrogens is 3. The molecule has 0 saturated carbocycles. The largest absolute Gasteiger partial charge is 0.492 e. The zero-order chi connectivity index (χ0) is 21.0. The van der Waals surface area contributed by atoms with Crippen LogP contribution < -0.4 is 4.74 Å². The van der Waals surface area contributed by atoms with E-state index in [-0.39, 0.29) is 17.3 Å². The van der Waals surface area contributed by atoms with E-state index in [1.165, 1.54) is 21.7 Å². The SMILES string of the molecule is Cc1cccc(OCCN(C)C(=O)c2nnn(-c3cccc([N+](=O)[O-])c3)c2C)c1. The molecule has 0 aliphatic carbocycles. The van der Waals surface area contributed by atoms with Crippen molar-refractivity contribution in [3.05, 3.63) is 75.6 Å². The van der Waals surface area contributed by atoms with E-state index < -0.39 is 4.92 Å². The third kappa shape index (κ3) is 4.57. The fourth-order valence-corrected chi connectivity index (χ4v) is 2.80. The molecule has 1 amide bonds. The maximum absolute atomic E-state index is 12.7. The number of hydrogen-bond acceptors (Lipinski definition) is 6. The van der Waals surface area contributed by atoms with E-state index in [1.807, 2.05) is 31.2 Å². The molecular formula is C20H21N5O4. The highest BCUT2D eigenvalue weighted by atomic mass is 16.6. The van der Waals surface area contributed by atoms with Gasteiger partial charge in [0, 0.05) is 19.2 Å². The normalized spacial score (nSPS) is 10.6. The summed E-state index contributed by atoms with van der Waals surface area (Å²) in [6, 6.07) is 13.7. The van der Waals surface area contributed by atoms with Crippen molar-refractivity contribution >= 4 is 11.6 Å². The quantitative estimate of drug-likeness (QED) is 0.450. The Labute approximate surface area is 167 Å². The van der Waals surface area contributed by atoms with Gasteiger partial charge in [-0.2, -0.15) is 0 Å². The third-order valence-corrected chi connectivity index (χ3v) is 4.41. The first-order valence-corrected chi connectivity index (χ1v) is 8.99. The molecule has 3 rings (SSSR count). The van der Waals surface area contributed by atoms with Gasteiger partial charge < -0.3 is 9.64 Å². The monoisotopic (exact) mass is 395 g/mol. The lowest BCUT2D eigenvalue weighted by atomic mass is 10.2. The lowest BCUT2D eigenvalue weighted by Gasteiger charge is -2.16. The van der Waals surface area contributed by atoms with E-state index >= 15 is 0 Å². The van der Waals surface area contributed by atoms with Crippen molar-refractivity contribution in [1.82, 2.24) is 19.9 Å². The summed E-state index contributed by atoms with van der Waals surface area (Å²) in [7, 11) is 1.66. The molecule has 150 valence electrons. The van der Waals surface area contributed by atoms with Crippen LogP contribution in [0.5, 0.6) is 5.75 Å². The average molecular weight is 395 g/mol. The minimum absolute atomic E-state index is 0.0595. The fourth-order valence-electron chi connectivity index (χ4n) is 2.80. The molecule has 2 aromatic carbocycles. The standard InChI is InChI=1S/C20H21N5O4/c1-14-6-4-9-18(12-14)29-11-10-23(3)20(26)19-15(2)24(22-21-19)16-7-5-8-17(13-16)25(27)28/h4-9,12-13H,10-11H2,1-3H3. The van der Waals surface area contributed by atoms with Crippen molar-refractivity contribution < 1.29 is 14.5 Å². The Hall–Kier alpha value is -3.75. The molecule has 0 bridgehead atoms. The fraction of sp³-hybridized carbons (Fsp3) is 0.250. The van der Waals surface area contributed by atoms with Gasteiger partial charge in [-0.05, 0) is 37.6 Å². The van der Waals surface area contributed by atoms with E-state index in [4.69, 9.17) is 4.74 Å². The Balaban J connectivity index is 1.68. The first kappa shape index (κ1) is 20.0. The van der Waals surface area contributed by atoms with Gasteiger partial charge in [-0.15, -0.1) is 5.10 Å². The number of rotatable bonds is 7. The van der Waals surface area contributed by atoms with Crippen LogP contribution in [0.2, 0.25) is 0 Å². The van der Waals surface area contributed by atoms with Crippen LogP contribution in [0.3, 0.4) is 0 Å². The highest BCUT2D eigenvalue weighted by Crippen LogP contribution is 2.19. The van der Waals surface area contributed by atoms with Gasteiger partial charge in [0.25, 0.3) is 11.6 Å². The molecule has 0 radical (unpaired) electrons. The number of carbonyl (C=O) groups is 1. The van der Waals surface area contributed by atoms with Crippen LogP contribution in [0, 0.1) is 24.0 Å². The Bertz CT molecular complexity index is 1050. The second-order valence-electron chi connectivity index (χ2n) is 6.60. The molecule has 0 spiro atoms. The topological polar surface area (TPSA) is 103 Å². The number of carbonyl (C=O) groups excluding carboxylic acids is 1. The molecule has 1 aromatic heterocycles. The Morgan fingerprint density at radius 3 is 2.69 bits per heavy atom. The summed E-state index contributed by atoms with van der Waals surface area (Å²) in [5.74, 6) is 0.450. The third-order valence-electron chi connectivity index (χ3n) is 4.41. The summed E-state index contributed by atoms with van der Waals surface area (Å²) in [5.41, 5.74) is 2.20. The second kappa shape index (κ2) is 8.51. The van der Waals surface area contributed by atoms with Crippen LogP contribution in [0.25, 0.3) is 5.69 Å². The molecule has 29 heavy (non-hydrogen) atoms. The number of hydrogen-bond donors (Lipinski definition) is 0. The Kier molecular flexibility index (Phi) is 5.87. The second-order valence-corrected chi connectivity index (χ2v) is 6.60. The molecule has 0 atom stereocenters. The summed E-state index contributed by atoms with van der Waals surface area (Å²) in [6.07, 6.45) is 0. The van der Waals surface area contributed by atoms with Crippen LogP contribution in [0.15, 0.2) is 48.5 Å². The summed E-state index contributed by atoms with van der Waals surface area (Å²) in [5, 5.41) is 19.0. The number of nitro benzene ring substituents is 1. The summed E-state index contributed by atoms with van der Waals surface area (Å²) in [4.78, 5) is 24.7. The van der Waals surface area contributed by atoms with Gasteiger partial charge in [0.15, 0.2) is 5.69 Å². The number of ether oxygens (including phenoxy) is 1. The van der Waals surface area contributed by atoms with Gasteiger partial charge in [0.1, 0.15) is 12.4 Å². The number of likely N-dealkylation sites (N-methyl/N-ethyl adjacent to an activating group) is 1. The predicted molar refractivity (Wildman–Crippen MR) is 106 cm³/mol. The maximum atomic E-state index is 12.7. The highest BCUT2D eigenvalue weighted by molar-refractivity contribution is 5.93. The molecular weight excluding hydrogens is 374 g/mol. The van der Waals surface area contributed by atoms with Gasteiger partial charge in [-0.25, -0.2) is 4.68 Å². The maximum Gasteiger partial charge on any atom is 0.276 e. The number of nitrogens with zero attached hydrogens (tertiary/aromatic N) is 5. The Morgan fingerprint density at radius 1 is 1.21 bits per heavy atom. The van der Waals surface area contributed by atoms with Crippen LogP contribution in [-0.4, -0.2) is 50.9 Å². The zero-order valence-electron chi connectivity index (χ0n) is 16.4. The molecule has 9 nitrogen and oxygen atoms in total. The molecule has 0 unspecified atom stereocenters. The molecule has 3 aromatic rings. The molecule has 9 heteroatoms. The highest BCUT2D eigenvalue weighted by Gasteiger charge is 2.21. The van der Waals surface area contributed by atoms with Crippen molar-refractivity contribution in [3.8, 4) is 11.4 Å². The van der Waals surface area contributed by atoms with E-state index in [0.717, 1.165) is 11.3 Å². The molecule has 0 aliphatic rings. The van der Waals surface area contributed by atoms with Crippen molar-refractivity contribution in [1.29, 1.82) is 0 Å². The van der Waals surface area contributed by atoms with E-state index in [0.29, 0.717) is 24.5 Å². The zero-order valence-corrected chi connectivity index (χ0v) is 16.4. The van der Waals surface area contributed by atoms with Gasteiger partial charge in [-0.1, -0.05) is 23.4 Å². The number of nitro groups is 1. The Morgan fingerprint density at radius 2 is 1.97 bits per heavy atom. The molecule has 0 aliphatic heterocycles. The average Bonchev–Trinajstić information content (AvgIpc) is 3.08. The van der Waals surface area contributed by atoms with Gasteiger partial charge in [0.2, 0.25) is 0 Å². The van der Waals surface area contributed by atoms with E-state index in [1.54, 1.807) is 26.1 Å². The lowest BCUT2D eigenvalue weighted by Crippen LogP contribution is -2.31. The van der Waals surface area contributed by atoms with Crippen molar-refractivity contribution in [2.24, 2.45) is 0 Å². The summed E-state index contributed by atoms with van der Waals surface area (Å²) in [6.45, 7) is 4.39. The number of aryl methyl sites for hydroxylation is 1. The molecule has 1 heterocycles. The van der Waals surface area contributed by atoms with Crippen LogP contribution >= 0.6 is 0 Å². The smallest absolute Gasteiger partial charge is 0.276 e. The van der Waals surface area contributed by atoms with E-state index in [9.17, 15) is 14.9 Å². The minimum atomic E-state index is -0.482. The van der Waals surface area contributed by atoms with E-state index in [2.05, 4.69) is 10.3 Å². The number of non-ortho nitro benzene ring substituents is 1. The number of benzene rings is 2. The summed E-state index contributed by atoms with van der Waals surface area (Å²) >= 11 is 0. The lowest BCUT2D eigenvalue weighted by molar-refractivity contribution is -0.384. The van der Waals surface area contributed by atoms with Crippen LogP contribution in [0.1, 0.15) is 21.7 Å². The molecule has 0 N–H and O–H groups in total. The van der Waals surface area contributed by atoms with Crippen molar-refractivity contribution in [2.45, 2.75) is 13.8 Å².